The van der Waals surface area contributed by atoms with E-state index in [1.54, 1.807) is 17.1 Å². The Labute approximate surface area is 134 Å². The van der Waals surface area contributed by atoms with Crippen molar-refractivity contribution in [2.24, 2.45) is 13.0 Å². The van der Waals surface area contributed by atoms with Gasteiger partial charge in [-0.1, -0.05) is 0 Å². The first-order chi connectivity index (χ1) is 10.1. The first-order valence-corrected chi connectivity index (χ1v) is 6.92. The molecule has 0 radical (unpaired) electrons. The van der Waals surface area contributed by atoms with E-state index in [-0.39, 0.29) is 30.2 Å². The van der Waals surface area contributed by atoms with Crippen LogP contribution < -0.4 is 10.6 Å². The Bertz CT molecular complexity index is 641. The lowest BCUT2D eigenvalue weighted by Gasteiger charge is -2.16. The summed E-state index contributed by atoms with van der Waals surface area (Å²) in [6, 6.07) is 0. The molecule has 2 aromatic rings. The summed E-state index contributed by atoms with van der Waals surface area (Å²) in [7, 11) is 1.88. The standard InChI is InChI=1S/C14H18N6O.ClH/c1-9-16-4-11(5-17-9)19-14(21)13-7-15-6-12(13)10-3-18-20(2)8-10;/h3-5,8,12-13,15H,6-7H2,1-2H3,(H,19,21);1H/t12-,13+;/m1./s1. The fraction of sp³-hybridized carbons (Fsp3) is 0.429. The van der Waals surface area contributed by atoms with Crippen LogP contribution >= 0.6 is 12.4 Å². The van der Waals surface area contributed by atoms with E-state index in [2.05, 4.69) is 25.7 Å². The number of nitrogens with zero attached hydrogens (tertiary/aromatic N) is 4. The van der Waals surface area contributed by atoms with E-state index in [0.29, 0.717) is 18.1 Å². The van der Waals surface area contributed by atoms with Crippen molar-refractivity contribution in [1.29, 1.82) is 0 Å². The molecule has 0 aromatic carbocycles. The maximum Gasteiger partial charge on any atom is 0.229 e. The highest BCUT2D eigenvalue weighted by Gasteiger charge is 2.34. The molecule has 22 heavy (non-hydrogen) atoms. The van der Waals surface area contributed by atoms with E-state index in [0.717, 1.165) is 12.1 Å². The van der Waals surface area contributed by atoms with Crippen LogP contribution in [0.4, 0.5) is 5.69 Å². The van der Waals surface area contributed by atoms with Crippen molar-refractivity contribution in [3.8, 4) is 0 Å². The molecule has 3 rings (SSSR count). The van der Waals surface area contributed by atoms with E-state index in [1.807, 2.05) is 26.4 Å². The number of nitrogens with one attached hydrogen (secondary N) is 2. The Kier molecular flexibility index (Phi) is 5.10. The molecule has 0 saturated carbocycles. The van der Waals surface area contributed by atoms with Gasteiger partial charge < -0.3 is 10.6 Å². The second-order valence-electron chi connectivity index (χ2n) is 5.33. The summed E-state index contributed by atoms with van der Waals surface area (Å²) in [5, 5.41) is 10.3. The summed E-state index contributed by atoms with van der Waals surface area (Å²) in [6.45, 7) is 3.26. The molecule has 0 unspecified atom stereocenters. The zero-order chi connectivity index (χ0) is 14.8. The first-order valence-electron chi connectivity index (χ1n) is 6.92. The predicted octanol–water partition coefficient (Wildman–Crippen LogP) is 0.882. The molecule has 1 aliphatic heterocycles. The normalized spacial score (nSPS) is 20.5. The Morgan fingerprint density at radius 3 is 2.68 bits per heavy atom. The van der Waals surface area contributed by atoms with Gasteiger partial charge in [0, 0.05) is 32.3 Å². The van der Waals surface area contributed by atoms with Gasteiger partial charge in [0.25, 0.3) is 0 Å². The van der Waals surface area contributed by atoms with Crippen LogP contribution in [0.5, 0.6) is 0 Å². The molecule has 7 nitrogen and oxygen atoms in total. The van der Waals surface area contributed by atoms with Gasteiger partial charge in [-0.3, -0.25) is 9.48 Å². The maximum absolute atomic E-state index is 12.5. The molecule has 2 N–H and O–H groups in total. The van der Waals surface area contributed by atoms with E-state index in [1.165, 1.54) is 0 Å². The van der Waals surface area contributed by atoms with Crippen molar-refractivity contribution in [2.75, 3.05) is 18.4 Å². The topological polar surface area (TPSA) is 84.7 Å². The van der Waals surface area contributed by atoms with Crippen molar-refractivity contribution >= 4 is 24.0 Å². The molecular weight excluding hydrogens is 304 g/mol. The molecule has 1 saturated heterocycles. The van der Waals surface area contributed by atoms with Gasteiger partial charge in [0.15, 0.2) is 0 Å². The van der Waals surface area contributed by atoms with E-state index < -0.39 is 0 Å². The van der Waals surface area contributed by atoms with E-state index in [4.69, 9.17) is 0 Å². The summed E-state index contributed by atoms with van der Waals surface area (Å²) < 4.78 is 1.76. The minimum absolute atomic E-state index is 0. The van der Waals surface area contributed by atoms with Crippen molar-refractivity contribution in [1.82, 2.24) is 25.1 Å². The van der Waals surface area contributed by atoms with Crippen LogP contribution in [-0.2, 0) is 11.8 Å². The van der Waals surface area contributed by atoms with Gasteiger partial charge in [0.1, 0.15) is 5.82 Å². The second-order valence-corrected chi connectivity index (χ2v) is 5.33. The Balaban J connectivity index is 0.00000176. The van der Waals surface area contributed by atoms with E-state index >= 15 is 0 Å². The number of carbonyl (C=O) groups is 1. The van der Waals surface area contributed by atoms with Gasteiger partial charge in [-0.15, -0.1) is 12.4 Å². The Morgan fingerprint density at radius 1 is 1.32 bits per heavy atom. The number of hydrogen-bond acceptors (Lipinski definition) is 5. The summed E-state index contributed by atoms with van der Waals surface area (Å²) in [5.41, 5.74) is 1.71. The highest BCUT2D eigenvalue weighted by atomic mass is 35.5. The molecule has 1 amide bonds. The van der Waals surface area contributed by atoms with Crippen LogP contribution in [0.3, 0.4) is 0 Å². The highest BCUT2D eigenvalue weighted by molar-refractivity contribution is 5.93. The zero-order valence-corrected chi connectivity index (χ0v) is 13.3. The minimum Gasteiger partial charge on any atom is -0.323 e. The number of anilines is 1. The van der Waals surface area contributed by atoms with Crippen LogP contribution in [0.2, 0.25) is 0 Å². The molecule has 2 atom stereocenters. The fourth-order valence-electron chi connectivity index (χ4n) is 2.63. The van der Waals surface area contributed by atoms with Gasteiger partial charge in [-0.2, -0.15) is 5.10 Å². The Hall–Kier alpha value is -1.99. The lowest BCUT2D eigenvalue weighted by atomic mass is 9.90. The Morgan fingerprint density at radius 2 is 2.05 bits per heavy atom. The van der Waals surface area contributed by atoms with Crippen LogP contribution in [0.1, 0.15) is 17.3 Å². The average molecular weight is 323 g/mol. The smallest absolute Gasteiger partial charge is 0.229 e. The van der Waals surface area contributed by atoms with Gasteiger partial charge in [-0.25, -0.2) is 9.97 Å². The number of hydrogen-bond donors (Lipinski definition) is 2. The van der Waals surface area contributed by atoms with Gasteiger partial charge in [-0.05, 0) is 12.5 Å². The molecule has 0 bridgehead atoms. The molecule has 0 spiro atoms. The molecule has 0 aliphatic carbocycles. The molecule has 3 heterocycles. The van der Waals surface area contributed by atoms with Crippen molar-refractivity contribution in [3.63, 3.8) is 0 Å². The second kappa shape index (κ2) is 6.85. The van der Waals surface area contributed by atoms with Crippen molar-refractivity contribution in [2.45, 2.75) is 12.8 Å². The largest absolute Gasteiger partial charge is 0.323 e. The number of aromatic nitrogens is 4. The number of halogens is 1. The third-order valence-corrected chi connectivity index (χ3v) is 3.75. The van der Waals surface area contributed by atoms with Crippen molar-refractivity contribution in [3.05, 3.63) is 36.2 Å². The molecule has 118 valence electrons. The lowest BCUT2D eigenvalue weighted by molar-refractivity contribution is -0.119. The SMILES string of the molecule is Cc1ncc(NC(=O)[C@H]2CNC[C@@H]2c2cnn(C)c2)cn1.Cl. The quantitative estimate of drug-likeness (QED) is 0.876. The maximum atomic E-state index is 12.5. The van der Waals surface area contributed by atoms with E-state index in [9.17, 15) is 4.79 Å². The number of amides is 1. The predicted molar refractivity (Wildman–Crippen MR) is 85.0 cm³/mol. The zero-order valence-electron chi connectivity index (χ0n) is 12.5. The number of rotatable bonds is 3. The van der Waals surface area contributed by atoms with Crippen LogP contribution in [0.15, 0.2) is 24.8 Å². The summed E-state index contributed by atoms with van der Waals surface area (Å²) in [5.74, 6) is 0.700. The molecular formula is C14H19ClN6O. The third-order valence-electron chi connectivity index (χ3n) is 3.75. The summed E-state index contributed by atoms with van der Waals surface area (Å²) in [4.78, 5) is 20.6. The van der Waals surface area contributed by atoms with Gasteiger partial charge in [0.2, 0.25) is 5.91 Å². The average Bonchev–Trinajstić information content (AvgIpc) is 3.09. The summed E-state index contributed by atoms with van der Waals surface area (Å²) >= 11 is 0. The van der Waals surface area contributed by atoms with Crippen molar-refractivity contribution < 1.29 is 4.79 Å². The van der Waals surface area contributed by atoms with Gasteiger partial charge >= 0.3 is 0 Å². The van der Waals surface area contributed by atoms with Gasteiger partial charge in [0.05, 0.1) is 30.2 Å². The summed E-state index contributed by atoms with van der Waals surface area (Å²) in [6.07, 6.45) is 7.04. The minimum atomic E-state index is -0.115. The molecule has 8 heteroatoms. The van der Waals surface area contributed by atoms with Crippen LogP contribution in [0.25, 0.3) is 0 Å². The lowest BCUT2D eigenvalue weighted by Crippen LogP contribution is -2.28. The van der Waals surface area contributed by atoms with Crippen LogP contribution in [-0.4, -0.2) is 38.7 Å². The number of aryl methyl sites for hydroxylation is 2. The fourth-order valence-corrected chi connectivity index (χ4v) is 2.63. The number of carbonyl (C=O) groups excluding carboxylic acids is 1. The molecule has 1 fully saturated rings. The molecule has 2 aromatic heterocycles. The van der Waals surface area contributed by atoms with Crippen LogP contribution in [0, 0.1) is 12.8 Å². The molecule has 1 aliphatic rings. The highest BCUT2D eigenvalue weighted by Crippen LogP contribution is 2.28. The first kappa shape index (κ1) is 16.4. The third kappa shape index (κ3) is 3.42. The monoisotopic (exact) mass is 322 g/mol.